The average molecular weight is 265 g/mol. The molecule has 0 heterocycles. The Hall–Kier alpha value is -0.390. The number of rotatable bonds is 2. The molecule has 1 aromatic carbocycles. The van der Waals surface area contributed by atoms with Crippen LogP contribution in [0, 0.1) is 0 Å². The second-order valence-electron chi connectivity index (χ2n) is 2.73. The lowest BCUT2D eigenvalue weighted by Gasteiger charge is -2.02. The molecule has 0 aliphatic heterocycles. The van der Waals surface area contributed by atoms with Crippen molar-refractivity contribution in [2.24, 2.45) is 0 Å². The van der Waals surface area contributed by atoms with Crippen LogP contribution in [0.1, 0.15) is 5.56 Å². The molecule has 0 unspecified atom stereocenters. The Labute approximate surface area is 85.4 Å². The summed E-state index contributed by atoms with van der Waals surface area (Å²) in [5.74, 6) is 0. The smallest absolute Gasteiger partial charge is 0.175 e. The van der Waals surface area contributed by atoms with Gasteiger partial charge in [0, 0.05) is 10.7 Å². The van der Waals surface area contributed by atoms with Crippen molar-refractivity contribution in [1.29, 1.82) is 0 Å². The zero-order valence-corrected chi connectivity index (χ0v) is 9.39. The Morgan fingerprint density at radius 1 is 1.38 bits per heavy atom. The largest absolute Gasteiger partial charge is 0.392 e. The first-order valence-electron chi connectivity index (χ1n) is 3.54. The third kappa shape index (κ3) is 2.79. The minimum atomic E-state index is -3.20. The van der Waals surface area contributed by atoms with Gasteiger partial charge in [-0.15, -0.1) is 0 Å². The maximum absolute atomic E-state index is 11.2. The summed E-state index contributed by atoms with van der Waals surface area (Å²) in [5.41, 5.74) is 0.579. The molecule has 72 valence electrons. The fraction of sp³-hybridized carbons (Fsp3) is 0.250. The van der Waals surface area contributed by atoms with Crippen molar-refractivity contribution in [2.75, 3.05) is 6.26 Å². The minimum Gasteiger partial charge on any atom is -0.392 e. The Balaban J connectivity index is 3.33. The van der Waals surface area contributed by atoms with Gasteiger partial charge in [-0.25, -0.2) is 8.42 Å². The van der Waals surface area contributed by atoms with E-state index in [1.165, 1.54) is 12.1 Å². The molecular weight excluding hydrogens is 256 g/mol. The van der Waals surface area contributed by atoms with Crippen molar-refractivity contribution in [3.05, 3.63) is 28.2 Å². The molecule has 1 rings (SSSR count). The molecule has 0 spiro atoms. The first kappa shape index (κ1) is 10.7. The Morgan fingerprint density at radius 3 is 2.46 bits per heavy atom. The van der Waals surface area contributed by atoms with Crippen LogP contribution in [-0.2, 0) is 16.4 Å². The van der Waals surface area contributed by atoms with Gasteiger partial charge >= 0.3 is 0 Å². The minimum absolute atomic E-state index is 0.165. The topological polar surface area (TPSA) is 54.4 Å². The second-order valence-corrected chi connectivity index (χ2v) is 5.66. The van der Waals surface area contributed by atoms with E-state index in [1.807, 2.05) is 0 Å². The van der Waals surface area contributed by atoms with Gasteiger partial charge in [0.25, 0.3) is 0 Å². The first-order chi connectivity index (χ1) is 5.93. The van der Waals surface area contributed by atoms with Crippen LogP contribution >= 0.6 is 15.9 Å². The predicted octanol–water partition coefficient (Wildman–Crippen LogP) is 1.34. The third-order valence-electron chi connectivity index (χ3n) is 1.54. The van der Waals surface area contributed by atoms with Crippen molar-refractivity contribution >= 4 is 25.8 Å². The van der Waals surface area contributed by atoms with Gasteiger partial charge in [0.1, 0.15) is 0 Å². The van der Waals surface area contributed by atoms with E-state index < -0.39 is 9.84 Å². The summed E-state index contributed by atoms with van der Waals surface area (Å²) >= 11 is 3.17. The molecule has 0 bridgehead atoms. The fourth-order valence-corrected chi connectivity index (χ4v) is 2.32. The molecule has 3 nitrogen and oxygen atoms in total. The summed E-state index contributed by atoms with van der Waals surface area (Å²) < 4.78 is 23.0. The van der Waals surface area contributed by atoms with Crippen LogP contribution in [-0.4, -0.2) is 19.8 Å². The van der Waals surface area contributed by atoms with Gasteiger partial charge in [-0.3, -0.25) is 0 Å². The highest BCUT2D eigenvalue weighted by Gasteiger charge is 2.08. The van der Waals surface area contributed by atoms with Crippen LogP contribution in [0.5, 0.6) is 0 Å². The van der Waals surface area contributed by atoms with Crippen molar-refractivity contribution < 1.29 is 13.5 Å². The quantitative estimate of drug-likeness (QED) is 0.878. The van der Waals surface area contributed by atoms with Gasteiger partial charge in [0.05, 0.1) is 11.5 Å². The van der Waals surface area contributed by atoms with E-state index in [-0.39, 0.29) is 11.5 Å². The van der Waals surface area contributed by atoms with Crippen molar-refractivity contribution in [3.8, 4) is 0 Å². The van der Waals surface area contributed by atoms with Crippen molar-refractivity contribution in [3.63, 3.8) is 0 Å². The normalized spacial score (nSPS) is 11.6. The van der Waals surface area contributed by atoms with E-state index in [0.29, 0.717) is 10.0 Å². The maximum Gasteiger partial charge on any atom is 0.175 e. The van der Waals surface area contributed by atoms with E-state index in [9.17, 15) is 8.42 Å². The summed E-state index contributed by atoms with van der Waals surface area (Å²) in [6, 6.07) is 4.64. The van der Waals surface area contributed by atoms with E-state index >= 15 is 0 Å². The summed E-state index contributed by atoms with van der Waals surface area (Å²) in [4.78, 5) is 0.214. The van der Waals surface area contributed by atoms with Crippen LogP contribution in [0.2, 0.25) is 0 Å². The van der Waals surface area contributed by atoms with Gasteiger partial charge in [-0.1, -0.05) is 15.9 Å². The maximum atomic E-state index is 11.2. The first-order valence-corrected chi connectivity index (χ1v) is 6.22. The molecule has 0 aliphatic carbocycles. The highest BCUT2D eigenvalue weighted by molar-refractivity contribution is 9.10. The highest BCUT2D eigenvalue weighted by atomic mass is 79.9. The molecule has 0 atom stereocenters. The number of sulfone groups is 1. The van der Waals surface area contributed by atoms with Crippen LogP contribution < -0.4 is 0 Å². The van der Waals surface area contributed by atoms with Gasteiger partial charge in [-0.05, 0) is 23.8 Å². The molecule has 0 amide bonds. The standard InChI is InChI=1S/C8H9BrO3S/c1-13(11,12)8-3-6(5-10)2-7(9)4-8/h2-4,10H,5H2,1H3. The van der Waals surface area contributed by atoms with Gasteiger partial charge in [-0.2, -0.15) is 0 Å². The van der Waals surface area contributed by atoms with E-state index in [1.54, 1.807) is 6.07 Å². The molecule has 0 saturated carbocycles. The van der Waals surface area contributed by atoms with Crippen LogP contribution in [0.15, 0.2) is 27.6 Å². The third-order valence-corrected chi connectivity index (χ3v) is 3.09. The van der Waals surface area contributed by atoms with Crippen LogP contribution in [0.4, 0.5) is 0 Å². The van der Waals surface area contributed by atoms with Crippen LogP contribution in [0.3, 0.4) is 0 Å². The van der Waals surface area contributed by atoms with Crippen LogP contribution in [0.25, 0.3) is 0 Å². The zero-order chi connectivity index (χ0) is 10.1. The predicted molar refractivity (Wildman–Crippen MR) is 53.2 cm³/mol. The van der Waals surface area contributed by atoms with E-state index in [0.717, 1.165) is 6.26 Å². The fourth-order valence-electron chi connectivity index (χ4n) is 0.926. The lowest BCUT2D eigenvalue weighted by atomic mass is 10.2. The Kier molecular flexibility index (Phi) is 3.10. The molecule has 0 saturated heterocycles. The Bertz CT molecular complexity index is 411. The molecule has 1 N–H and O–H groups in total. The molecule has 5 heteroatoms. The molecule has 0 radical (unpaired) electrons. The summed E-state index contributed by atoms with van der Waals surface area (Å²) in [6.45, 7) is -0.165. The van der Waals surface area contributed by atoms with Gasteiger partial charge in [0.15, 0.2) is 9.84 Å². The number of aliphatic hydroxyl groups is 1. The summed E-state index contributed by atoms with van der Waals surface area (Å²) in [5, 5.41) is 8.84. The zero-order valence-electron chi connectivity index (χ0n) is 6.99. The molecule has 0 fully saturated rings. The number of hydrogen-bond donors (Lipinski definition) is 1. The van der Waals surface area contributed by atoms with E-state index in [4.69, 9.17) is 5.11 Å². The molecule has 13 heavy (non-hydrogen) atoms. The summed E-state index contributed by atoms with van der Waals surface area (Å²) in [6.07, 6.45) is 1.13. The number of halogens is 1. The lowest BCUT2D eigenvalue weighted by Crippen LogP contribution is -1.98. The van der Waals surface area contributed by atoms with Crippen molar-refractivity contribution in [2.45, 2.75) is 11.5 Å². The average Bonchev–Trinajstić information content (AvgIpc) is 2.01. The van der Waals surface area contributed by atoms with Crippen molar-refractivity contribution in [1.82, 2.24) is 0 Å². The number of benzene rings is 1. The van der Waals surface area contributed by atoms with Gasteiger partial charge in [0.2, 0.25) is 0 Å². The second kappa shape index (κ2) is 3.77. The molecule has 0 aromatic heterocycles. The number of hydrogen-bond acceptors (Lipinski definition) is 3. The number of aliphatic hydroxyl groups excluding tert-OH is 1. The van der Waals surface area contributed by atoms with E-state index in [2.05, 4.69) is 15.9 Å². The summed E-state index contributed by atoms with van der Waals surface area (Å²) in [7, 11) is -3.20. The Morgan fingerprint density at radius 2 is 2.00 bits per heavy atom. The highest BCUT2D eigenvalue weighted by Crippen LogP contribution is 2.19. The molecule has 0 aliphatic rings. The monoisotopic (exact) mass is 264 g/mol. The SMILES string of the molecule is CS(=O)(=O)c1cc(Br)cc(CO)c1. The molecule has 1 aromatic rings. The lowest BCUT2D eigenvalue weighted by molar-refractivity contribution is 0.281. The molecular formula is C8H9BrO3S. The van der Waals surface area contributed by atoms with Gasteiger partial charge < -0.3 is 5.11 Å².